The molecule has 4 heterocycles. The zero-order valence-electron chi connectivity index (χ0n) is 35.3. The average molecular weight is 853 g/mol. The van der Waals surface area contributed by atoms with Crippen molar-refractivity contribution in [2.24, 2.45) is 9.98 Å². The van der Waals surface area contributed by atoms with Crippen LogP contribution in [0.4, 0.5) is 0 Å². The maximum absolute atomic E-state index is 12.9. The smallest absolute Gasteiger partial charge is 0.222 e. The fourth-order valence-corrected chi connectivity index (χ4v) is 8.04. The lowest BCUT2D eigenvalue weighted by atomic mass is 10.00. The van der Waals surface area contributed by atoms with Crippen molar-refractivity contribution in [1.82, 2.24) is 40.2 Å². The average Bonchev–Trinajstić information content (AvgIpc) is 3.77. The Balaban J connectivity index is 0.951. The van der Waals surface area contributed by atoms with Crippen LogP contribution in [-0.2, 0) is 9.59 Å². The molecular formula is C47H49ClN10O4. The predicted molar refractivity (Wildman–Crippen MR) is 238 cm³/mol. The zero-order valence-corrected chi connectivity index (χ0v) is 36.0. The van der Waals surface area contributed by atoms with Gasteiger partial charge in [-0.15, -0.1) is 20.4 Å². The molecule has 0 spiro atoms. The normalized spacial score (nSPS) is 15.1. The van der Waals surface area contributed by atoms with Crippen LogP contribution in [-0.4, -0.2) is 79.1 Å². The Morgan fingerprint density at radius 3 is 1.55 bits per heavy atom. The number of benzene rings is 4. The minimum absolute atomic E-state index is 0.0948. The van der Waals surface area contributed by atoms with Crippen molar-refractivity contribution < 1.29 is 19.1 Å². The summed E-state index contributed by atoms with van der Waals surface area (Å²) in [5, 5.41) is 24.1. The van der Waals surface area contributed by atoms with E-state index in [1.807, 2.05) is 128 Å². The molecule has 0 fully saturated rings. The van der Waals surface area contributed by atoms with Crippen LogP contribution in [0.3, 0.4) is 0 Å². The van der Waals surface area contributed by atoms with Crippen molar-refractivity contribution in [3.05, 3.63) is 142 Å². The molecule has 2 aliphatic rings. The second-order valence-corrected chi connectivity index (χ2v) is 15.6. The Morgan fingerprint density at radius 2 is 1.08 bits per heavy atom. The first-order valence-electron chi connectivity index (χ1n) is 21.1. The molecule has 0 radical (unpaired) electrons. The highest BCUT2D eigenvalue weighted by Crippen LogP contribution is 2.36. The second kappa shape index (κ2) is 18.9. The van der Waals surface area contributed by atoms with Crippen molar-refractivity contribution in [2.75, 3.05) is 26.3 Å². The number of amides is 2. The highest BCUT2D eigenvalue weighted by molar-refractivity contribution is 6.30. The van der Waals surface area contributed by atoms with Gasteiger partial charge in [0.1, 0.15) is 35.2 Å². The maximum atomic E-state index is 12.9. The molecule has 0 bridgehead atoms. The fourth-order valence-electron chi connectivity index (χ4n) is 7.92. The number of unbranched alkanes of at least 4 members (excludes halogenated alkanes) is 2. The number of aryl methyl sites for hydroxylation is 2. The molecule has 15 heteroatoms. The lowest BCUT2D eigenvalue weighted by molar-refractivity contribution is -0.122. The van der Waals surface area contributed by atoms with Crippen molar-refractivity contribution in [3.8, 4) is 22.9 Å². The number of ether oxygens (including phenoxy) is 2. The molecule has 2 atom stereocenters. The van der Waals surface area contributed by atoms with Gasteiger partial charge < -0.3 is 20.1 Å². The third-order valence-electron chi connectivity index (χ3n) is 10.8. The summed E-state index contributed by atoms with van der Waals surface area (Å²) in [5.41, 5.74) is 6.74. The molecule has 2 N–H and O–H groups in total. The van der Waals surface area contributed by atoms with E-state index in [0.29, 0.717) is 60.4 Å². The van der Waals surface area contributed by atoms with Crippen LogP contribution in [0, 0.1) is 13.8 Å². The largest absolute Gasteiger partial charge is 0.494 e. The van der Waals surface area contributed by atoms with Crippen LogP contribution in [0.1, 0.15) is 104 Å². The first kappa shape index (κ1) is 42.0. The number of hydrogen-bond acceptors (Lipinski definition) is 10. The minimum atomic E-state index is -0.555. The molecule has 6 aromatic rings. The van der Waals surface area contributed by atoms with Gasteiger partial charge in [0.25, 0.3) is 0 Å². The number of fused-ring (bicyclic) bond motifs is 6. The summed E-state index contributed by atoms with van der Waals surface area (Å²) in [4.78, 5) is 36.0. The third-order valence-corrected chi connectivity index (χ3v) is 11.0. The van der Waals surface area contributed by atoms with Crippen LogP contribution >= 0.6 is 11.6 Å². The number of nitrogens with one attached hydrogen (secondary N) is 2. The monoisotopic (exact) mass is 852 g/mol. The molecule has 4 aromatic carbocycles. The summed E-state index contributed by atoms with van der Waals surface area (Å²) in [6.45, 7) is 9.69. The first-order chi connectivity index (χ1) is 30.2. The van der Waals surface area contributed by atoms with Gasteiger partial charge in [-0.05, 0) is 95.5 Å². The lowest BCUT2D eigenvalue weighted by Crippen LogP contribution is -2.25. The van der Waals surface area contributed by atoms with Gasteiger partial charge in [0, 0.05) is 40.4 Å². The van der Waals surface area contributed by atoms with Crippen molar-refractivity contribution in [2.45, 2.75) is 71.9 Å². The summed E-state index contributed by atoms with van der Waals surface area (Å²) in [7, 11) is 0. The van der Waals surface area contributed by atoms with Gasteiger partial charge in [-0.1, -0.05) is 54.1 Å². The molecule has 318 valence electrons. The van der Waals surface area contributed by atoms with Gasteiger partial charge in [0.05, 0.1) is 48.9 Å². The van der Waals surface area contributed by atoms with E-state index >= 15 is 0 Å². The zero-order chi connectivity index (χ0) is 43.2. The second-order valence-electron chi connectivity index (χ2n) is 15.2. The summed E-state index contributed by atoms with van der Waals surface area (Å²) in [6.07, 6.45) is 2.81. The van der Waals surface area contributed by atoms with E-state index in [1.54, 1.807) is 0 Å². The van der Waals surface area contributed by atoms with E-state index in [2.05, 4.69) is 31.0 Å². The van der Waals surface area contributed by atoms with E-state index in [4.69, 9.17) is 31.1 Å². The van der Waals surface area contributed by atoms with Gasteiger partial charge in [-0.2, -0.15) is 0 Å². The maximum Gasteiger partial charge on any atom is 0.222 e. The number of aliphatic imine (C=N–C) groups is 2. The third kappa shape index (κ3) is 9.01. The van der Waals surface area contributed by atoms with Crippen molar-refractivity contribution >= 4 is 34.8 Å². The van der Waals surface area contributed by atoms with Gasteiger partial charge >= 0.3 is 0 Å². The minimum Gasteiger partial charge on any atom is -0.494 e. The highest BCUT2D eigenvalue weighted by Gasteiger charge is 2.32. The van der Waals surface area contributed by atoms with Crippen LogP contribution in [0.2, 0.25) is 5.02 Å². The Kier molecular flexibility index (Phi) is 12.8. The standard InChI is InChI=1S/C47H49ClN10O4/c1-5-49-42(59)27-38-46-55-53-29(3)57(46)40-21-19-34(25-36(40)44(51-38)31-13-9-7-10-14-31)61-23-11-8-12-24-62-35-20-22-41-37(26-35)45(32-15-17-33(48)18-16-32)52-39(28-43(60)50-6-2)47-56-54-30(4)58(41)47/h7,9-10,13-22,25-26,38-39H,5-6,8,11-12,23-24,27-28H2,1-4H3,(H,49,59)(H,50,60)/t38-,39-/m0/s1. The van der Waals surface area contributed by atoms with E-state index in [9.17, 15) is 9.59 Å². The SMILES string of the molecule is CCNC(=O)C[C@@H]1N=C(c2ccccc2)c2cc(OCCCCCOc3ccc4c(c3)C(c3ccc(Cl)cc3)=N[C@@H](CC(=O)NCC)c3nnc(C)n3-4)ccc2-n2c(C)nnc21. The number of carbonyl (C=O) groups is 2. The molecule has 8 rings (SSSR count). The Labute approximate surface area is 365 Å². The topological polar surface area (TPSA) is 163 Å². The molecule has 2 aromatic heterocycles. The molecule has 62 heavy (non-hydrogen) atoms. The first-order valence-corrected chi connectivity index (χ1v) is 21.5. The van der Waals surface area contributed by atoms with Gasteiger partial charge in [0.2, 0.25) is 11.8 Å². The molecular weight excluding hydrogens is 804 g/mol. The van der Waals surface area contributed by atoms with Crippen molar-refractivity contribution in [3.63, 3.8) is 0 Å². The quantitative estimate of drug-likeness (QED) is 0.0942. The summed E-state index contributed by atoms with van der Waals surface area (Å²) >= 11 is 6.29. The number of hydrogen-bond donors (Lipinski definition) is 2. The van der Waals surface area contributed by atoms with Gasteiger partial charge in [-0.3, -0.25) is 28.7 Å². The summed E-state index contributed by atoms with van der Waals surface area (Å²) in [5.74, 6) is 3.86. The van der Waals surface area contributed by atoms with Crippen molar-refractivity contribution in [1.29, 1.82) is 0 Å². The number of halogens is 1. The summed E-state index contributed by atoms with van der Waals surface area (Å²) in [6, 6.07) is 28.4. The van der Waals surface area contributed by atoms with Crippen LogP contribution in [0.25, 0.3) is 11.4 Å². The highest BCUT2D eigenvalue weighted by atomic mass is 35.5. The van der Waals surface area contributed by atoms with Crippen LogP contribution < -0.4 is 20.1 Å². The Bertz CT molecular complexity index is 2640. The molecule has 2 aliphatic heterocycles. The van der Waals surface area contributed by atoms with Gasteiger partial charge in [-0.25, -0.2) is 0 Å². The Morgan fingerprint density at radius 1 is 0.613 bits per heavy atom. The van der Waals surface area contributed by atoms with E-state index in [1.165, 1.54) is 0 Å². The molecule has 2 amide bonds. The molecule has 14 nitrogen and oxygen atoms in total. The number of rotatable bonds is 16. The number of carbonyl (C=O) groups excluding carboxylic acids is 2. The number of nitrogens with zero attached hydrogens (tertiary/aromatic N) is 8. The Hall–Kier alpha value is -6.67. The lowest BCUT2D eigenvalue weighted by Gasteiger charge is -2.15. The van der Waals surface area contributed by atoms with Gasteiger partial charge in [0.15, 0.2) is 11.6 Å². The fraction of sp³-hybridized carbons (Fsp3) is 0.319. The molecule has 0 unspecified atom stereocenters. The molecule has 0 saturated carbocycles. The van der Waals surface area contributed by atoms with Crippen LogP contribution in [0.5, 0.6) is 11.5 Å². The molecule has 0 saturated heterocycles. The van der Waals surface area contributed by atoms with Crippen LogP contribution in [0.15, 0.2) is 101 Å². The predicted octanol–water partition coefficient (Wildman–Crippen LogP) is 7.58. The van der Waals surface area contributed by atoms with E-state index in [0.717, 1.165) is 70.1 Å². The number of aromatic nitrogens is 6. The van der Waals surface area contributed by atoms with E-state index < -0.39 is 12.1 Å². The molecule has 0 aliphatic carbocycles. The van der Waals surface area contributed by atoms with E-state index in [-0.39, 0.29) is 24.7 Å². The summed E-state index contributed by atoms with van der Waals surface area (Å²) < 4.78 is 16.7.